The normalized spacial score (nSPS) is 13.4. The molecular formula is C20H24N2O3S2. The second-order valence-electron chi connectivity index (χ2n) is 6.32. The van der Waals surface area contributed by atoms with E-state index in [9.17, 15) is 9.59 Å². The van der Waals surface area contributed by atoms with Gasteiger partial charge in [-0.1, -0.05) is 6.42 Å². The summed E-state index contributed by atoms with van der Waals surface area (Å²) in [6.07, 6.45) is 5.73. The molecule has 0 radical (unpaired) electrons. The fourth-order valence-corrected chi connectivity index (χ4v) is 4.80. The fraction of sp³-hybridized carbons (Fsp3) is 0.400. The van der Waals surface area contributed by atoms with Gasteiger partial charge in [-0.2, -0.15) is 0 Å². The molecule has 0 spiro atoms. The molecule has 1 aromatic heterocycles. The Morgan fingerprint density at radius 3 is 2.67 bits per heavy atom. The van der Waals surface area contributed by atoms with E-state index in [1.807, 2.05) is 37.3 Å². The minimum atomic E-state index is -0.243. The zero-order valence-corrected chi connectivity index (χ0v) is 17.0. The first-order chi connectivity index (χ1) is 13.2. The van der Waals surface area contributed by atoms with Crippen LogP contribution in [0.3, 0.4) is 0 Å². The van der Waals surface area contributed by atoms with Gasteiger partial charge in [-0.05, 0) is 68.5 Å². The third kappa shape index (κ3) is 5.74. The Labute approximate surface area is 167 Å². The van der Waals surface area contributed by atoms with Gasteiger partial charge in [0.25, 0.3) is 5.91 Å². The van der Waals surface area contributed by atoms with Crippen LogP contribution in [0.2, 0.25) is 0 Å². The number of rotatable bonds is 6. The lowest BCUT2D eigenvalue weighted by molar-refractivity contribution is -0.119. The maximum atomic E-state index is 12.3. The van der Waals surface area contributed by atoms with Crippen LogP contribution >= 0.6 is 23.1 Å². The Hall–Kier alpha value is -1.99. The van der Waals surface area contributed by atoms with Crippen molar-refractivity contribution >= 4 is 34.9 Å². The molecule has 144 valence electrons. The molecule has 5 nitrogen and oxygen atoms in total. The Bertz CT molecular complexity index is 764. The first-order valence-corrected chi connectivity index (χ1v) is 11.0. The zero-order valence-electron chi connectivity index (χ0n) is 15.4. The van der Waals surface area contributed by atoms with Gasteiger partial charge in [0.05, 0.1) is 17.2 Å². The van der Waals surface area contributed by atoms with E-state index in [-0.39, 0.29) is 17.6 Å². The molecule has 0 aliphatic heterocycles. The highest BCUT2D eigenvalue weighted by Crippen LogP contribution is 2.28. The van der Waals surface area contributed by atoms with Crippen molar-refractivity contribution in [2.45, 2.75) is 43.9 Å². The van der Waals surface area contributed by atoms with Crippen molar-refractivity contribution in [1.29, 1.82) is 0 Å². The van der Waals surface area contributed by atoms with Gasteiger partial charge in [0.15, 0.2) is 0 Å². The minimum Gasteiger partial charge on any atom is -0.494 e. The minimum absolute atomic E-state index is 0.231. The van der Waals surface area contributed by atoms with Gasteiger partial charge in [0.1, 0.15) is 5.75 Å². The van der Waals surface area contributed by atoms with Crippen molar-refractivity contribution < 1.29 is 14.3 Å². The lowest BCUT2D eigenvalue weighted by Gasteiger charge is -2.07. The van der Waals surface area contributed by atoms with E-state index in [4.69, 9.17) is 4.74 Å². The van der Waals surface area contributed by atoms with E-state index in [1.165, 1.54) is 41.5 Å². The average Bonchev–Trinajstić information content (AvgIpc) is 2.96. The highest BCUT2D eigenvalue weighted by molar-refractivity contribution is 8.00. The van der Waals surface area contributed by atoms with Gasteiger partial charge in [-0.15, -0.1) is 23.1 Å². The molecule has 0 bridgehead atoms. The Balaban J connectivity index is 1.44. The van der Waals surface area contributed by atoms with Crippen LogP contribution in [0, 0.1) is 0 Å². The molecule has 27 heavy (non-hydrogen) atoms. The largest absolute Gasteiger partial charge is 0.494 e. The Kier molecular flexibility index (Phi) is 7.18. The molecule has 2 amide bonds. The van der Waals surface area contributed by atoms with E-state index >= 15 is 0 Å². The van der Waals surface area contributed by atoms with Crippen molar-refractivity contribution in [3.8, 4) is 5.75 Å². The van der Waals surface area contributed by atoms with Gasteiger partial charge >= 0.3 is 0 Å². The molecule has 1 aromatic carbocycles. The molecule has 0 saturated carbocycles. The summed E-state index contributed by atoms with van der Waals surface area (Å²) in [5, 5.41) is 0. The Morgan fingerprint density at radius 1 is 1.11 bits per heavy atom. The summed E-state index contributed by atoms with van der Waals surface area (Å²) in [6, 6.07) is 9.57. The summed E-state index contributed by atoms with van der Waals surface area (Å²) in [7, 11) is 0. The molecule has 2 N–H and O–H groups in total. The number of fused-ring (bicyclic) bond motifs is 1. The molecule has 0 unspecified atom stereocenters. The van der Waals surface area contributed by atoms with Gasteiger partial charge in [0, 0.05) is 9.77 Å². The predicted molar refractivity (Wildman–Crippen MR) is 110 cm³/mol. The number of thioether (sulfide) groups is 1. The maximum absolute atomic E-state index is 12.3. The number of carbonyl (C=O) groups excluding carboxylic acids is 2. The number of ether oxygens (including phenoxy) is 1. The number of thiophene rings is 1. The molecule has 0 atom stereocenters. The lowest BCUT2D eigenvalue weighted by Crippen LogP contribution is -2.42. The summed E-state index contributed by atoms with van der Waals surface area (Å²) < 4.78 is 5.40. The zero-order chi connectivity index (χ0) is 19.1. The monoisotopic (exact) mass is 404 g/mol. The van der Waals surface area contributed by atoms with Crippen molar-refractivity contribution in [2.24, 2.45) is 0 Å². The molecule has 1 heterocycles. The van der Waals surface area contributed by atoms with Crippen LogP contribution in [-0.4, -0.2) is 24.2 Å². The topological polar surface area (TPSA) is 67.4 Å². The van der Waals surface area contributed by atoms with Gasteiger partial charge in [-0.3, -0.25) is 20.4 Å². The number of carbonyl (C=O) groups is 2. The van der Waals surface area contributed by atoms with Crippen LogP contribution in [0.25, 0.3) is 0 Å². The molecule has 0 saturated heterocycles. The number of aryl methyl sites for hydroxylation is 2. The van der Waals surface area contributed by atoms with Crippen LogP contribution < -0.4 is 15.6 Å². The van der Waals surface area contributed by atoms with E-state index in [1.54, 1.807) is 11.3 Å². The number of benzene rings is 1. The second kappa shape index (κ2) is 9.80. The third-order valence-electron chi connectivity index (χ3n) is 4.29. The maximum Gasteiger partial charge on any atom is 0.279 e. The van der Waals surface area contributed by atoms with E-state index in [0.717, 1.165) is 23.5 Å². The summed E-state index contributed by atoms with van der Waals surface area (Å²) in [6.45, 7) is 2.57. The molecule has 0 fully saturated rings. The quantitative estimate of drug-likeness (QED) is 0.434. The van der Waals surface area contributed by atoms with Gasteiger partial charge in [-0.25, -0.2) is 0 Å². The van der Waals surface area contributed by atoms with Crippen molar-refractivity contribution in [1.82, 2.24) is 10.9 Å². The molecular weight excluding hydrogens is 380 g/mol. The predicted octanol–water partition coefficient (Wildman–Crippen LogP) is 3.97. The SMILES string of the molecule is CCOc1ccc(SCC(=O)NNC(=O)c2cc3c(s2)CCCCC3)cc1. The van der Waals surface area contributed by atoms with Crippen LogP contribution in [0.4, 0.5) is 0 Å². The lowest BCUT2D eigenvalue weighted by atomic mass is 10.1. The number of hydrogen-bond donors (Lipinski definition) is 2. The Morgan fingerprint density at radius 2 is 1.89 bits per heavy atom. The number of hydrogen-bond acceptors (Lipinski definition) is 5. The first kappa shape index (κ1) is 19.8. The molecule has 1 aliphatic carbocycles. The van der Waals surface area contributed by atoms with Crippen molar-refractivity contribution in [3.63, 3.8) is 0 Å². The fourth-order valence-electron chi connectivity index (χ4n) is 2.95. The van der Waals surface area contributed by atoms with Gasteiger partial charge < -0.3 is 4.74 Å². The average molecular weight is 405 g/mol. The van der Waals surface area contributed by atoms with Crippen LogP contribution in [-0.2, 0) is 17.6 Å². The van der Waals surface area contributed by atoms with Crippen LogP contribution in [0.1, 0.15) is 46.3 Å². The second-order valence-corrected chi connectivity index (χ2v) is 8.50. The summed E-state index contributed by atoms with van der Waals surface area (Å²) in [4.78, 5) is 27.2. The summed E-state index contributed by atoms with van der Waals surface area (Å²) in [5.41, 5.74) is 6.31. The molecule has 7 heteroatoms. The highest BCUT2D eigenvalue weighted by Gasteiger charge is 2.16. The van der Waals surface area contributed by atoms with E-state index in [2.05, 4.69) is 10.9 Å². The highest BCUT2D eigenvalue weighted by atomic mass is 32.2. The molecule has 1 aliphatic rings. The van der Waals surface area contributed by atoms with Crippen LogP contribution in [0.5, 0.6) is 5.75 Å². The van der Waals surface area contributed by atoms with Crippen LogP contribution in [0.15, 0.2) is 35.2 Å². The first-order valence-electron chi connectivity index (χ1n) is 9.22. The van der Waals surface area contributed by atoms with Gasteiger partial charge in [0.2, 0.25) is 5.91 Å². The van der Waals surface area contributed by atoms with E-state index < -0.39 is 0 Å². The number of amides is 2. The number of nitrogens with one attached hydrogen (secondary N) is 2. The summed E-state index contributed by atoms with van der Waals surface area (Å²) >= 11 is 2.95. The van der Waals surface area contributed by atoms with Crippen molar-refractivity contribution in [2.75, 3.05) is 12.4 Å². The standard InChI is InChI=1S/C20H24N2O3S2/c1-2-25-15-8-10-16(11-9-15)26-13-19(23)21-22-20(24)18-12-14-6-4-3-5-7-17(14)27-18/h8-12H,2-7,13H2,1H3,(H,21,23)(H,22,24). The summed E-state index contributed by atoms with van der Waals surface area (Å²) in [5.74, 6) is 0.565. The van der Waals surface area contributed by atoms with E-state index in [0.29, 0.717) is 11.5 Å². The smallest absolute Gasteiger partial charge is 0.279 e. The third-order valence-corrected chi connectivity index (χ3v) is 6.54. The number of hydrazine groups is 1. The molecule has 2 aromatic rings. The van der Waals surface area contributed by atoms with Crippen molar-refractivity contribution in [3.05, 3.63) is 45.6 Å². The molecule has 3 rings (SSSR count).